The zero-order valence-corrected chi connectivity index (χ0v) is 9.97. The van der Waals surface area contributed by atoms with Crippen LogP contribution in [-0.2, 0) is 10.0 Å². The molecule has 0 saturated carbocycles. The predicted octanol–water partition coefficient (Wildman–Crippen LogP) is 2.02. The van der Waals surface area contributed by atoms with Gasteiger partial charge in [0.1, 0.15) is 0 Å². The third kappa shape index (κ3) is 3.15. The van der Waals surface area contributed by atoms with E-state index in [1.807, 2.05) is 24.3 Å². The first-order valence-corrected chi connectivity index (χ1v) is 6.76. The quantitative estimate of drug-likeness (QED) is 0.888. The van der Waals surface area contributed by atoms with Crippen LogP contribution >= 0.6 is 0 Å². The van der Waals surface area contributed by atoms with E-state index in [4.69, 9.17) is 0 Å². The van der Waals surface area contributed by atoms with Gasteiger partial charge in [-0.05, 0) is 12.1 Å². The summed E-state index contributed by atoms with van der Waals surface area (Å²) < 4.78 is 26.6. The van der Waals surface area contributed by atoms with E-state index in [2.05, 4.69) is 4.72 Å². The molecule has 0 fully saturated rings. The summed E-state index contributed by atoms with van der Waals surface area (Å²) in [7, 11) is -3.46. The van der Waals surface area contributed by atoms with E-state index in [9.17, 15) is 8.42 Å². The van der Waals surface area contributed by atoms with Crippen molar-refractivity contribution in [1.29, 1.82) is 0 Å². The van der Waals surface area contributed by atoms with E-state index < -0.39 is 10.0 Å². The summed E-state index contributed by atoms with van der Waals surface area (Å²) in [6.45, 7) is 0. The Balaban J connectivity index is 2.19. The van der Waals surface area contributed by atoms with Gasteiger partial charge in [0.2, 0.25) is 10.0 Å². The van der Waals surface area contributed by atoms with Gasteiger partial charge in [0, 0.05) is 0 Å². The molecule has 0 bridgehead atoms. The first-order chi connectivity index (χ1) is 8.18. The maximum Gasteiger partial charge on any atom is 0.241 e. The summed E-state index contributed by atoms with van der Waals surface area (Å²) in [5, 5.41) is 0. The predicted molar refractivity (Wildman–Crippen MR) is 68.0 cm³/mol. The highest BCUT2D eigenvalue weighted by molar-refractivity contribution is 7.89. The summed E-state index contributed by atoms with van der Waals surface area (Å²) in [6.07, 6.45) is 10.9. The fourth-order valence-electron chi connectivity index (χ4n) is 1.49. The molecule has 1 N–H and O–H groups in total. The summed E-state index contributed by atoms with van der Waals surface area (Å²) >= 11 is 0. The standard InChI is InChI=1S/C13H13NO2S/c15-17(16,13-10-6-3-7-11-13)14-12-8-4-1-2-5-9-12/h1-12,14H. The molecule has 3 nitrogen and oxygen atoms in total. The molecule has 1 aliphatic rings. The van der Waals surface area contributed by atoms with Crippen LogP contribution in [0.5, 0.6) is 0 Å². The molecule has 0 unspecified atom stereocenters. The maximum absolute atomic E-state index is 12.0. The van der Waals surface area contributed by atoms with Crippen LogP contribution in [0.1, 0.15) is 0 Å². The van der Waals surface area contributed by atoms with Crippen LogP contribution in [0.25, 0.3) is 0 Å². The first kappa shape index (κ1) is 11.8. The summed E-state index contributed by atoms with van der Waals surface area (Å²) in [5.41, 5.74) is 0. The molecule has 1 aliphatic carbocycles. The van der Waals surface area contributed by atoms with Crippen molar-refractivity contribution in [3.8, 4) is 0 Å². The number of allylic oxidation sites excluding steroid dienone is 4. The average Bonchev–Trinajstić information content (AvgIpc) is 2.58. The Bertz CT molecular complexity index is 540. The van der Waals surface area contributed by atoms with Crippen molar-refractivity contribution in [2.24, 2.45) is 0 Å². The zero-order chi connectivity index (χ0) is 12.1. The monoisotopic (exact) mass is 247 g/mol. The molecule has 0 aromatic heterocycles. The molecule has 0 aliphatic heterocycles. The number of hydrogen-bond donors (Lipinski definition) is 1. The lowest BCUT2D eigenvalue weighted by Crippen LogP contribution is -2.31. The highest BCUT2D eigenvalue weighted by Crippen LogP contribution is 2.09. The van der Waals surface area contributed by atoms with E-state index in [1.165, 1.54) is 0 Å². The molecule has 0 spiro atoms. The Morgan fingerprint density at radius 1 is 0.882 bits per heavy atom. The van der Waals surface area contributed by atoms with Gasteiger partial charge in [-0.25, -0.2) is 13.1 Å². The molecule has 2 rings (SSSR count). The van der Waals surface area contributed by atoms with E-state index in [-0.39, 0.29) is 10.9 Å². The Morgan fingerprint density at radius 3 is 2.06 bits per heavy atom. The van der Waals surface area contributed by atoms with Gasteiger partial charge < -0.3 is 0 Å². The van der Waals surface area contributed by atoms with Crippen LogP contribution in [0, 0.1) is 0 Å². The van der Waals surface area contributed by atoms with Gasteiger partial charge in [0.05, 0.1) is 10.9 Å². The van der Waals surface area contributed by atoms with Crippen molar-refractivity contribution in [2.75, 3.05) is 0 Å². The maximum atomic E-state index is 12.0. The van der Waals surface area contributed by atoms with Crippen molar-refractivity contribution in [3.63, 3.8) is 0 Å². The van der Waals surface area contributed by atoms with Gasteiger partial charge in [0.25, 0.3) is 0 Å². The first-order valence-electron chi connectivity index (χ1n) is 5.27. The van der Waals surface area contributed by atoms with E-state index >= 15 is 0 Å². The Labute approximate surface area is 101 Å². The number of hydrogen-bond acceptors (Lipinski definition) is 2. The lowest BCUT2D eigenvalue weighted by atomic mass is 10.3. The molecule has 0 saturated heterocycles. The molecule has 4 heteroatoms. The molecule has 0 amide bonds. The van der Waals surface area contributed by atoms with Gasteiger partial charge in [-0.2, -0.15) is 0 Å². The highest BCUT2D eigenvalue weighted by atomic mass is 32.2. The summed E-state index contributed by atoms with van der Waals surface area (Å²) in [4.78, 5) is 0.277. The fraction of sp³-hybridized carbons (Fsp3) is 0.0769. The number of nitrogens with one attached hydrogen (secondary N) is 1. The fourth-order valence-corrected chi connectivity index (χ4v) is 2.65. The number of rotatable bonds is 3. The van der Waals surface area contributed by atoms with E-state index in [1.54, 1.807) is 42.5 Å². The Morgan fingerprint density at radius 2 is 1.47 bits per heavy atom. The number of benzene rings is 1. The summed E-state index contributed by atoms with van der Waals surface area (Å²) in [5.74, 6) is 0. The molecular formula is C13H13NO2S. The van der Waals surface area contributed by atoms with Crippen LogP contribution in [0.2, 0.25) is 0 Å². The molecule has 88 valence electrons. The van der Waals surface area contributed by atoms with Crippen LogP contribution in [0.15, 0.2) is 71.7 Å². The van der Waals surface area contributed by atoms with Gasteiger partial charge in [-0.3, -0.25) is 0 Å². The van der Waals surface area contributed by atoms with Crippen molar-refractivity contribution < 1.29 is 8.42 Å². The smallest absolute Gasteiger partial charge is 0.207 e. The minimum absolute atomic E-state index is 0.277. The van der Waals surface area contributed by atoms with Crippen LogP contribution in [0.4, 0.5) is 0 Å². The SMILES string of the molecule is O=S(=O)(NC1C=CC=CC=C1)c1ccccc1. The lowest BCUT2D eigenvalue weighted by Gasteiger charge is -2.11. The third-order valence-electron chi connectivity index (χ3n) is 2.31. The average molecular weight is 247 g/mol. The number of sulfonamides is 1. The van der Waals surface area contributed by atoms with Gasteiger partial charge in [-0.15, -0.1) is 0 Å². The molecule has 17 heavy (non-hydrogen) atoms. The molecule has 0 heterocycles. The van der Waals surface area contributed by atoms with Crippen molar-refractivity contribution >= 4 is 10.0 Å². The van der Waals surface area contributed by atoms with Crippen molar-refractivity contribution in [3.05, 3.63) is 66.8 Å². The largest absolute Gasteiger partial charge is 0.241 e. The second-order valence-electron chi connectivity index (χ2n) is 3.61. The van der Waals surface area contributed by atoms with Crippen molar-refractivity contribution in [2.45, 2.75) is 10.9 Å². The minimum Gasteiger partial charge on any atom is -0.207 e. The molecule has 0 atom stereocenters. The normalized spacial score (nSPS) is 16.0. The Hall–Kier alpha value is -1.65. The second kappa shape index (κ2) is 5.12. The van der Waals surface area contributed by atoms with E-state index in [0.29, 0.717) is 0 Å². The van der Waals surface area contributed by atoms with Gasteiger partial charge >= 0.3 is 0 Å². The molecule has 1 aromatic rings. The zero-order valence-electron chi connectivity index (χ0n) is 9.15. The highest BCUT2D eigenvalue weighted by Gasteiger charge is 2.16. The van der Waals surface area contributed by atoms with Gasteiger partial charge in [-0.1, -0.05) is 54.7 Å². The van der Waals surface area contributed by atoms with Gasteiger partial charge in [0.15, 0.2) is 0 Å². The topological polar surface area (TPSA) is 46.2 Å². The van der Waals surface area contributed by atoms with Crippen molar-refractivity contribution in [1.82, 2.24) is 4.72 Å². The third-order valence-corrected chi connectivity index (χ3v) is 3.79. The Kier molecular flexibility index (Phi) is 3.56. The molecular weight excluding hydrogens is 234 g/mol. The summed E-state index contributed by atoms with van der Waals surface area (Å²) in [6, 6.07) is 8.03. The van der Waals surface area contributed by atoms with Crippen LogP contribution < -0.4 is 4.72 Å². The second-order valence-corrected chi connectivity index (χ2v) is 5.33. The van der Waals surface area contributed by atoms with E-state index in [0.717, 1.165) is 0 Å². The van der Waals surface area contributed by atoms with Crippen LogP contribution in [-0.4, -0.2) is 14.5 Å². The molecule has 0 radical (unpaired) electrons. The molecule has 1 aromatic carbocycles. The lowest BCUT2D eigenvalue weighted by molar-refractivity contribution is 0.580. The van der Waals surface area contributed by atoms with Crippen LogP contribution in [0.3, 0.4) is 0 Å². The minimum atomic E-state index is -3.46.